The zero-order valence-electron chi connectivity index (χ0n) is 7.69. The van der Waals surface area contributed by atoms with Crippen LogP contribution in [0.25, 0.3) is 0 Å². The molecule has 0 saturated heterocycles. The maximum Gasteiger partial charge on any atom is 0.160 e. The largest absolute Gasteiger partial charge is 0.297 e. The molecule has 0 aromatic rings. The van der Waals surface area contributed by atoms with Crippen LogP contribution in [0.4, 0.5) is 0 Å². The number of carbonyl (C=O) groups is 1. The van der Waals surface area contributed by atoms with Gasteiger partial charge < -0.3 is 0 Å². The molecule has 1 unspecified atom stereocenters. The minimum atomic E-state index is -0.828. The Morgan fingerprint density at radius 3 is 2.33 bits per heavy atom. The minimum Gasteiger partial charge on any atom is -0.297 e. The average molecular weight is 187 g/mol. The van der Waals surface area contributed by atoms with Gasteiger partial charge >= 0.3 is 0 Å². The molecular formula is C10H15ClO. The fourth-order valence-corrected chi connectivity index (χ4v) is 1.42. The summed E-state index contributed by atoms with van der Waals surface area (Å²) in [6.45, 7) is 7.29. The number of Topliss-reactive ketones (excluding diaryl/α,β-unsaturated/α-hetero) is 1. The molecule has 1 aliphatic rings. The van der Waals surface area contributed by atoms with E-state index in [0.29, 0.717) is 0 Å². The molecule has 1 saturated carbocycles. The molecule has 1 nitrogen and oxygen atoms in total. The van der Waals surface area contributed by atoms with Crippen LogP contribution in [-0.2, 0) is 4.79 Å². The molecule has 0 spiro atoms. The minimum absolute atomic E-state index is 0.155. The van der Waals surface area contributed by atoms with E-state index in [-0.39, 0.29) is 11.7 Å². The molecule has 0 aromatic heterocycles. The van der Waals surface area contributed by atoms with Gasteiger partial charge in [0.25, 0.3) is 0 Å². The molecule has 1 aliphatic carbocycles. The van der Waals surface area contributed by atoms with E-state index < -0.39 is 4.87 Å². The number of hydrogen-bond donors (Lipinski definition) is 0. The highest BCUT2D eigenvalue weighted by Gasteiger charge is 2.38. The van der Waals surface area contributed by atoms with Crippen molar-refractivity contribution in [1.29, 1.82) is 0 Å². The van der Waals surface area contributed by atoms with Crippen LogP contribution in [-0.4, -0.2) is 10.7 Å². The van der Waals surface area contributed by atoms with Crippen molar-refractivity contribution < 1.29 is 4.79 Å². The fourth-order valence-electron chi connectivity index (χ4n) is 1.26. The highest BCUT2D eigenvalue weighted by atomic mass is 35.5. The molecule has 0 aromatic carbocycles. The summed E-state index contributed by atoms with van der Waals surface area (Å²) in [7, 11) is 0. The van der Waals surface area contributed by atoms with Gasteiger partial charge in [0.05, 0.1) is 0 Å². The lowest BCUT2D eigenvalue weighted by atomic mass is 9.76. The van der Waals surface area contributed by atoms with E-state index in [2.05, 4.69) is 6.58 Å². The zero-order valence-corrected chi connectivity index (χ0v) is 8.45. The Morgan fingerprint density at radius 1 is 1.58 bits per heavy atom. The number of alkyl halides is 1. The van der Waals surface area contributed by atoms with E-state index in [1.807, 2.05) is 6.92 Å². The first-order valence-corrected chi connectivity index (χ1v) is 4.73. The molecule has 0 bridgehead atoms. The molecule has 0 N–H and O–H groups in total. The topological polar surface area (TPSA) is 17.1 Å². The zero-order chi connectivity index (χ0) is 9.35. The second-order valence-electron chi connectivity index (χ2n) is 3.78. The summed E-state index contributed by atoms with van der Waals surface area (Å²) in [5, 5.41) is 0. The van der Waals surface area contributed by atoms with E-state index >= 15 is 0 Å². The number of halogens is 1. The Kier molecular flexibility index (Phi) is 2.62. The number of allylic oxidation sites excluding steroid dienone is 1. The third-order valence-corrected chi connectivity index (χ3v) is 3.25. The van der Waals surface area contributed by atoms with Crippen molar-refractivity contribution in [1.82, 2.24) is 0 Å². The normalized spacial score (nSPS) is 22.6. The van der Waals surface area contributed by atoms with Crippen LogP contribution in [0.3, 0.4) is 0 Å². The van der Waals surface area contributed by atoms with Crippen molar-refractivity contribution in [2.24, 2.45) is 5.92 Å². The summed E-state index contributed by atoms with van der Waals surface area (Å²) in [5.74, 6) is 0.354. The first-order chi connectivity index (χ1) is 5.46. The summed E-state index contributed by atoms with van der Waals surface area (Å²) in [4.78, 5) is 10.9. The highest BCUT2D eigenvalue weighted by Crippen LogP contribution is 2.36. The second kappa shape index (κ2) is 3.21. The molecule has 12 heavy (non-hydrogen) atoms. The van der Waals surface area contributed by atoms with E-state index in [4.69, 9.17) is 11.6 Å². The Morgan fingerprint density at radius 2 is 2.08 bits per heavy atom. The molecule has 1 rings (SSSR count). The van der Waals surface area contributed by atoms with Gasteiger partial charge in [-0.05, 0) is 26.7 Å². The summed E-state index contributed by atoms with van der Waals surface area (Å²) >= 11 is 6.08. The molecule has 0 amide bonds. The smallest absolute Gasteiger partial charge is 0.160 e. The van der Waals surface area contributed by atoms with Gasteiger partial charge in [0, 0.05) is 5.92 Å². The third-order valence-electron chi connectivity index (χ3n) is 2.74. The van der Waals surface area contributed by atoms with Crippen LogP contribution in [0.1, 0.15) is 33.1 Å². The molecule has 0 aliphatic heterocycles. The lowest BCUT2D eigenvalue weighted by Crippen LogP contribution is -2.38. The Labute approximate surface area is 78.8 Å². The molecule has 1 fully saturated rings. The van der Waals surface area contributed by atoms with Gasteiger partial charge in [-0.2, -0.15) is 0 Å². The van der Waals surface area contributed by atoms with Crippen LogP contribution in [0.15, 0.2) is 12.2 Å². The first-order valence-electron chi connectivity index (χ1n) is 4.35. The summed E-state index contributed by atoms with van der Waals surface area (Å²) in [5.41, 5.74) is 0.751. The van der Waals surface area contributed by atoms with Crippen molar-refractivity contribution in [2.45, 2.75) is 38.0 Å². The van der Waals surface area contributed by atoms with Gasteiger partial charge in [-0.1, -0.05) is 18.6 Å². The average Bonchev–Trinajstić information content (AvgIpc) is 1.83. The maximum absolute atomic E-state index is 11.7. The van der Waals surface area contributed by atoms with Crippen LogP contribution in [0, 0.1) is 5.92 Å². The van der Waals surface area contributed by atoms with E-state index in [9.17, 15) is 4.79 Å². The van der Waals surface area contributed by atoms with Crippen LogP contribution in [0.5, 0.6) is 0 Å². The number of hydrogen-bond acceptors (Lipinski definition) is 1. The van der Waals surface area contributed by atoms with Gasteiger partial charge in [0.2, 0.25) is 0 Å². The predicted octanol–water partition coefficient (Wildman–Crippen LogP) is 2.93. The van der Waals surface area contributed by atoms with Gasteiger partial charge in [0.1, 0.15) is 4.87 Å². The van der Waals surface area contributed by atoms with Crippen LogP contribution in [0.2, 0.25) is 0 Å². The van der Waals surface area contributed by atoms with E-state index in [1.165, 1.54) is 6.42 Å². The van der Waals surface area contributed by atoms with Gasteiger partial charge in [0.15, 0.2) is 5.78 Å². The quantitative estimate of drug-likeness (QED) is 0.489. The van der Waals surface area contributed by atoms with Gasteiger partial charge in [-0.3, -0.25) is 4.79 Å². The molecule has 2 heteroatoms. The Balaban J connectivity index is 2.66. The maximum atomic E-state index is 11.7. The van der Waals surface area contributed by atoms with Crippen molar-refractivity contribution >= 4 is 17.4 Å². The molecule has 0 heterocycles. The Hall–Kier alpha value is -0.300. The molecule has 68 valence electrons. The van der Waals surface area contributed by atoms with Crippen LogP contribution < -0.4 is 0 Å². The number of carbonyl (C=O) groups excluding carboxylic acids is 1. The first kappa shape index (κ1) is 9.79. The molecule has 0 radical (unpaired) electrons. The summed E-state index contributed by atoms with van der Waals surface area (Å²) in [6.07, 6.45) is 3.18. The SMILES string of the molecule is C=C(C)C(C)(Cl)C(=O)C1CCC1. The number of rotatable bonds is 3. The van der Waals surface area contributed by atoms with Crippen molar-refractivity contribution in [3.8, 4) is 0 Å². The lowest BCUT2D eigenvalue weighted by molar-refractivity contribution is -0.126. The van der Waals surface area contributed by atoms with Crippen molar-refractivity contribution in [3.05, 3.63) is 12.2 Å². The highest BCUT2D eigenvalue weighted by molar-refractivity contribution is 6.37. The molecular weight excluding hydrogens is 172 g/mol. The Bertz CT molecular complexity index is 214. The standard InChI is InChI=1S/C10H15ClO/c1-7(2)10(3,11)9(12)8-5-4-6-8/h8H,1,4-6H2,2-3H3. The second-order valence-corrected chi connectivity index (χ2v) is 4.53. The molecule has 1 atom stereocenters. The summed E-state index contributed by atoms with van der Waals surface area (Å²) < 4.78 is 0. The van der Waals surface area contributed by atoms with Crippen LogP contribution >= 0.6 is 11.6 Å². The van der Waals surface area contributed by atoms with Gasteiger partial charge in [-0.15, -0.1) is 11.6 Å². The third kappa shape index (κ3) is 1.56. The lowest BCUT2D eigenvalue weighted by Gasteiger charge is -2.31. The fraction of sp³-hybridized carbons (Fsp3) is 0.700. The monoisotopic (exact) mass is 186 g/mol. The number of ketones is 1. The van der Waals surface area contributed by atoms with E-state index in [0.717, 1.165) is 18.4 Å². The van der Waals surface area contributed by atoms with Crippen molar-refractivity contribution in [3.63, 3.8) is 0 Å². The van der Waals surface area contributed by atoms with E-state index in [1.54, 1.807) is 6.92 Å². The van der Waals surface area contributed by atoms with Gasteiger partial charge in [-0.25, -0.2) is 0 Å². The van der Waals surface area contributed by atoms with Crippen molar-refractivity contribution in [2.75, 3.05) is 0 Å². The predicted molar refractivity (Wildman–Crippen MR) is 51.4 cm³/mol. The summed E-state index contributed by atoms with van der Waals surface area (Å²) in [6, 6.07) is 0.